The van der Waals surface area contributed by atoms with Crippen molar-refractivity contribution in [3.8, 4) is 64.0 Å². The lowest BCUT2D eigenvalue weighted by atomic mass is 9.93. The third-order valence-corrected chi connectivity index (χ3v) is 6.37. The van der Waals surface area contributed by atoms with E-state index in [0.29, 0.717) is 17.0 Å². The number of carbonyl (C=O) groups excluding carboxylic acids is 1. The van der Waals surface area contributed by atoms with E-state index in [2.05, 4.69) is 36.8 Å². The number of aryl methyl sites for hydroxylation is 1. The molecule has 0 atom stereocenters. The zero-order chi connectivity index (χ0) is 32.6. The van der Waals surface area contributed by atoms with Gasteiger partial charge in [-0.25, -0.2) is 0 Å². The summed E-state index contributed by atoms with van der Waals surface area (Å²) in [5.74, 6) is 0.750. The summed E-state index contributed by atoms with van der Waals surface area (Å²) in [4.78, 5) is 41.4. The third kappa shape index (κ3) is 6.91. The average Bonchev–Trinajstić information content (AvgIpc) is 3.08. The summed E-state index contributed by atoms with van der Waals surface area (Å²) in [6.45, 7) is 5.22. The monoisotopic (exact) mass is 624 g/mol. The van der Waals surface area contributed by atoms with Crippen LogP contribution in [0.2, 0.25) is 0 Å². The Balaban J connectivity index is 1.69. The number of hydrogen-bond acceptors (Lipinski definition) is 14. The molecule has 5 aromatic rings. The first-order valence-electron chi connectivity index (χ1n) is 13.5. The molecule has 0 saturated heterocycles. The number of methoxy groups -OCH3 is 4. The molecule has 0 fully saturated rings. The molecule has 234 valence electrons. The summed E-state index contributed by atoms with van der Waals surface area (Å²) in [5, 5.41) is 3.47. The number of ketones is 1. The molecule has 0 aliphatic rings. The van der Waals surface area contributed by atoms with Crippen LogP contribution in [0.4, 0.5) is 0 Å². The van der Waals surface area contributed by atoms with Gasteiger partial charge >= 0.3 is 12.0 Å². The van der Waals surface area contributed by atoms with Crippen LogP contribution in [0.15, 0.2) is 72.0 Å². The topological polar surface area (TPSA) is 158 Å². The maximum Gasteiger partial charge on any atom is 0.328 e. The standard InChI is InChI=1S/C32H28N6O8/c1-18-10-11-20(22-15-19(46-33-2)12-13-34-22)21(14-18)30(39)29-23(44-31-35-25(40-3)16-26(36-31)41-4)8-7-9-24(29)45-32-37-27(42-5)17-28(38-32)43-6/h7-17H,2H2,1,3-6H3. The van der Waals surface area contributed by atoms with Crippen molar-refractivity contribution in [2.24, 2.45) is 5.16 Å². The lowest BCUT2D eigenvalue weighted by Gasteiger charge is -2.17. The van der Waals surface area contributed by atoms with Crippen LogP contribution in [0.3, 0.4) is 0 Å². The van der Waals surface area contributed by atoms with E-state index in [9.17, 15) is 4.79 Å². The second-order valence-electron chi connectivity index (χ2n) is 9.28. The fraction of sp³-hybridized carbons (Fsp3) is 0.156. The van der Waals surface area contributed by atoms with Crippen LogP contribution in [-0.2, 0) is 0 Å². The van der Waals surface area contributed by atoms with E-state index >= 15 is 0 Å². The van der Waals surface area contributed by atoms with Gasteiger partial charge in [-0.15, -0.1) is 0 Å². The highest BCUT2D eigenvalue weighted by atomic mass is 16.6. The molecule has 0 N–H and O–H groups in total. The Kier molecular flexibility index (Phi) is 9.46. The number of ether oxygens (including phenoxy) is 6. The highest BCUT2D eigenvalue weighted by Gasteiger charge is 2.26. The van der Waals surface area contributed by atoms with E-state index in [1.165, 1.54) is 46.8 Å². The maximum absolute atomic E-state index is 14.7. The van der Waals surface area contributed by atoms with Gasteiger partial charge < -0.3 is 33.3 Å². The Bertz CT molecular complexity index is 1780. The van der Waals surface area contributed by atoms with Crippen LogP contribution < -0.4 is 33.3 Å². The van der Waals surface area contributed by atoms with Gasteiger partial charge in [0.1, 0.15) is 17.1 Å². The van der Waals surface area contributed by atoms with E-state index in [1.807, 2.05) is 13.0 Å². The molecule has 0 aliphatic heterocycles. The maximum atomic E-state index is 14.7. The first-order valence-corrected chi connectivity index (χ1v) is 13.5. The van der Waals surface area contributed by atoms with Crippen molar-refractivity contribution in [3.63, 3.8) is 0 Å². The highest BCUT2D eigenvalue weighted by molar-refractivity contribution is 6.16. The normalized spacial score (nSPS) is 10.5. The first kappa shape index (κ1) is 31.1. The predicted molar refractivity (Wildman–Crippen MR) is 165 cm³/mol. The van der Waals surface area contributed by atoms with Crippen LogP contribution >= 0.6 is 0 Å². The molecular formula is C32H28N6O8. The number of hydrogen-bond donors (Lipinski definition) is 0. The minimum Gasteiger partial charge on any atom is -0.481 e. The van der Waals surface area contributed by atoms with Crippen molar-refractivity contribution < 1.29 is 38.1 Å². The zero-order valence-corrected chi connectivity index (χ0v) is 25.5. The molecule has 14 heteroatoms. The molecule has 0 unspecified atom stereocenters. The molecule has 46 heavy (non-hydrogen) atoms. The van der Waals surface area contributed by atoms with Gasteiger partial charge in [0.15, 0.2) is 5.75 Å². The van der Waals surface area contributed by atoms with E-state index in [-0.39, 0.29) is 58.2 Å². The van der Waals surface area contributed by atoms with Gasteiger partial charge in [0.2, 0.25) is 29.3 Å². The van der Waals surface area contributed by atoms with Gasteiger partial charge in [-0.2, -0.15) is 19.9 Å². The molecule has 0 bridgehead atoms. The van der Waals surface area contributed by atoms with Gasteiger partial charge in [0.05, 0.1) is 46.3 Å². The molecule has 14 nitrogen and oxygen atoms in total. The average molecular weight is 625 g/mol. The van der Waals surface area contributed by atoms with E-state index in [0.717, 1.165) is 5.56 Å². The first-order chi connectivity index (χ1) is 22.3. The number of aromatic nitrogens is 5. The second-order valence-corrected chi connectivity index (χ2v) is 9.28. The number of carbonyl (C=O) groups is 1. The summed E-state index contributed by atoms with van der Waals surface area (Å²) >= 11 is 0. The molecule has 3 aromatic heterocycles. The molecule has 0 aliphatic carbocycles. The molecule has 0 saturated carbocycles. The Morgan fingerprint density at radius 3 is 1.76 bits per heavy atom. The van der Waals surface area contributed by atoms with Crippen molar-refractivity contribution in [2.75, 3.05) is 28.4 Å². The minimum absolute atomic E-state index is 0.00489. The number of oxime groups is 1. The summed E-state index contributed by atoms with van der Waals surface area (Å²) in [6, 6.07) is 16.1. The van der Waals surface area contributed by atoms with Gasteiger partial charge in [-0.1, -0.05) is 28.9 Å². The van der Waals surface area contributed by atoms with Crippen LogP contribution in [0.5, 0.6) is 52.8 Å². The Morgan fingerprint density at radius 1 is 0.717 bits per heavy atom. The van der Waals surface area contributed by atoms with Crippen LogP contribution in [0.1, 0.15) is 21.5 Å². The molecule has 0 radical (unpaired) electrons. The van der Waals surface area contributed by atoms with Gasteiger partial charge in [-0.05, 0) is 25.1 Å². The number of nitrogens with zero attached hydrogens (tertiary/aromatic N) is 6. The smallest absolute Gasteiger partial charge is 0.328 e. The van der Waals surface area contributed by atoms with Gasteiger partial charge in [0.25, 0.3) is 0 Å². The molecule has 3 heterocycles. The highest BCUT2D eigenvalue weighted by Crippen LogP contribution is 2.38. The number of benzene rings is 2. The molecule has 0 spiro atoms. The van der Waals surface area contributed by atoms with Gasteiger partial charge in [-0.3, -0.25) is 9.78 Å². The molecule has 5 rings (SSSR count). The zero-order valence-electron chi connectivity index (χ0n) is 25.5. The van der Waals surface area contributed by atoms with Crippen molar-refractivity contribution in [2.45, 2.75) is 6.92 Å². The third-order valence-electron chi connectivity index (χ3n) is 6.37. The summed E-state index contributed by atoms with van der Waals surface area (Å²) in [5.41, 5.74) is 2.06. The van der Waals surface area contributed by atoms with Crippen LogP contribution in [-0.4, -0.2) is 65.9 Å². The minimum atomic E-state index is -0.482. The van der Waals surface area contributed by atoms with Crippen LogP contribution in [0.25, 0.3) is 11.3 Å². The molecule has 0 amide bonds. The largest absolute Gasteiger partial charge is 0.481 e. The Morgan fingerprint density at radius 2 is 1.26 bits per heavy atom. The lowest BCUT2D eigenvalue weighted by molar-refractivity contribution is 0.103. The molecular weight excluding hydrogens is 596 g/mol. The van der Waals surface area contributed by atoms with Crippen LogP contribution in [0, 0.1) is 6.92 Å². The van der Waals surface area contributed by atoms with Crippen molar-refractivity contribution >= 4 is 12.5 Å². The predicted octanol–water partition coefficient (Wildman–Crippen LogP) is 5.48. The molecule has 2 aromatic carbocycles. The van der Waals surface area contributed by atoms with Crippen molar-refractivity contribution in [3.05, 3.63) is 83.6 Å². The Labute approximate surface area is 263 Å². The Hall–Kier alpha value is -6.31. The lowest BCUT2D eigenvalue weighted by Crippen LogP contribution is -2.10. The van der Waals surface area contributed by atoms with Crippen molar-refractivity contribution in [1.29, 1.82) is 0 Å². The fourth-order valence-corrected chi connectivity index (χ4v) is 4.27. The van der Waals surface area contributed by atoms with E-state index in [1.54, 1.807) is 42.5 Å². The van der Waals surface area contributed by atoms with E-state index < -0.39 is 5.78 Å². The SMILES string of the molecule is C=NOc1ccnc(-c2ccc(C)cc2C(=O)c2c(Oc3nc(OC)cc(OC)n3)cccc2Oc2nc(OC)cc(OC)n2)c1. The quantitative estimate of drug-likeness (QED) is 0.0921. The number of pyridine rings is 1. The summed E-state index contributed by atoms with van der Waals surface area (Å²) in [7, 11) is 5.76. The summed E-state index contributed by atoms with van der Waals surface area (Å²) in [6.07, 6.45) is 1.54. The van der Waals surface area contributed by atoms with Crippen molar-refractivity contribution in [1.82, 2.24) is 24.9 Å². The number of rotatable bonds is 13. The second kappa shape index (κ2) is 14.0. The fourth-order valence-electron chi connectivity index (χ4n) is 4.27. The summed E-state index contributed by atoms with van der Waals surface area (Å²) < 4.78 is 33.3. The van der Waals surface area contributed by atoms with Gasteiger partial charge in [0, 0.05) is 36.2 Å². The van der Waals surface area contributed by atoms with E-state index in [4.69, 9.17) is 33.3 Å².